The van der Waals surface area contributed by atoms with Gasteiger partial charge in [0.1, 0.15) is 23.0 Å². The van der Waals surface area contributed by atoms with Crippen molar-refractivity contribution >= 4 is 37.5 Å². The number of amides is 1. The second-order valence-corrected chi connectivity index (χ2v) is 9.74. The lowest BCUT2D eigenvalue weighted by atomic mass is 10.0. The number of hydrogen-bond donors (Lipinski definition) is 1. The number of nitrogens with zero attached hydrogens (tertiary/aromatic N) is 1. The predicted molar refractivity (Wildman–Crippen MR) is 112 cm³/mol. The van der Waals surface area contributed by atoms with Gasteiger partial charge in [0.25, 0.3) is 0 Å². The molecule has 9 heteroatoms. The molecule has 0 spiro atoms. The number of methoxy groups -OCH3 is 1. The highest BCUT2D eigenvalue weighted by Crippen LogP contribution is 2.38. The molecule has 2 aromatic carbocycles. The number of nitrogens with one attached hydrogen (secondary N) is 1. The number of fused-ring (bicyclic) bond motifs is 2. The van der Waals surface area contributed by atoms with E-state index in [2.05, 4.69) is 20.7 Å². The molecule has 0 aromatic heterocycles. The van der Waals surface area contributed by atoms with E-state index >= 15 is 0 Å². The summed E-state index contributed by atoms with van der Waals surface area (Å²) in [6.45, 7) is 2.15. The molecular weight excluding hydrogens is 460 g/mol. The summed E-state index contributed by atoms with van der Waals surface area (Å²) >= 11 is 3.39. The number of rotatable bonds is 4. The Hall–Kier alpha value is -2.10. The number of sulfonamides is 1. The monoisotopic (exact) mass is 480 g/mol. The Kier molecular flexibility index (Phi) is 5.30. The van der Waals surface area contributed by atoms with Crippen molar-refractivity contribution in [2.75, 3.05) is 25.2 Å². The topological polar surface area (TPSA) is 84.9 Å². The van der Waals surface area contributed by atoms with E-state index in [1.54, 1.807) is 13.2 Å². The van der Waals surface area contributed by atoms with Gasteiger partial charge in [-0.2, -0.15) is 0 Å². The minimum Gasteiger partial charge on any atom is -0.497 e. The third-order valence-corrected chi connectivity index (χ3v) is 7.15. The average Bonchev–Trinajstić information content (AvgIpc) is 3.10. The van der Waals surface area contributed by atoms with Gasteiger partial charge in [-0.15, -0.1) is 0 Å². The van der Waals surface area contributed by atoms with Crippen molar-refractivity contribution in [2.45, 2.75) is 30.7 Å². The molecule has 154 valence electrons. The van der Waals surface area contributed by atoms with Crippen LogP contribution in [0.1, 0.15) is 18.1 Å². The van der Waals surface area contributed by atoms with Gasteiger partial charge >= 0.3 is 0 Å². The molecule has 0 radical (unpaired) electrons. The summed E-state index contributed by atoms with van der Waals surface area (Å²) in [5.74, 6) is 1.25. The molecular formula is C20H21BrN2O5S. The largest absolute Gasteiger partial charge is 0.497 e. The maximum Gasteiger partial charge on any atom is 0.243 e. The highest BCUT2D eigenvalue weighted by atomic mass is 79.9. The second-order valence-electron chi connectivity index (χ2n) is 7.14. The van der Waals surface area contributed by atoms with Crippen molar-refractivity contribution in [1.82, 2.24) is 4.72 Å². The molecule has 1 amide bonds. The lowest BCUT2D eigenvalue weighted by Gasteiger charge is -2.27. The highest BCUT2D eigenvalue weighted by Gasteiger charge is 2.33. The van der Waals surface area contributed by atoms with Crippen LogP contribution in [0.5, 0.6) is 11.5 Å². The fourth-order valence-electron chi connectivity index (χ4n) is 3.85. The molecule has 4 rings (SSSR count). The van der Waals surface area contributed by atoms with Crippen LogP contribution in [0, 0.1) is 0 Å². The van der Waals surface area contributed by atoms with Gasteiger partial charge in [-0.3, -0.25) is 4.79 Å². The average molecular weight is 481 g/mol. The Bertz CT molecular complexity index is 1090. The van der Waals surface area contributed by atoms with Crippen molar-refractivity contribution in [2.24, 2.45) is 0 Å². The maximum atomic E-state index is 13.3. The fraction of sp³-hybridized carbons (Fsp3) is 0.350. The summed E-state index contributed by atoms with van der Waals surface area (Å²) in [5.41, 5.74) is 2.19. The van der Waals surface area contributed by atoms with E-state index in [0.717, 1.165) is 16.9 Å². The van der Waals surface area contributed by atoms with Gasteiger partial charge in [0, 0.05) is 17.9 Å². The van der Waals surface area contributed by atoms with Gasteiger partial charge in [-0.05, 0) is 54.3 Å². The third-order valence-electron chi connectivity index (χ3n) is 5.16. The molecule has 0 saturated carbocycles. The third kappa shape index (κ3) is 3.86. The number of hydrogen-bond acceptors (Lipinski definition) is 5. The SMILES string of the molecule is COc1ccc2c(c1)CC(NS(=O)(=O)c1cc(Br)cc3c1N(C(C)=O)CC3)CO2. The molecule has 1 N–H and O–H groups in total. The van der Waals surface area contributed by atoms with Crippen LogP contribution in [0.4, 0.5) is 5.69 Å². The van der Waals surface area contributed by atoms with Crippen LogP contribution in [-0.2, 0) is 27.7 Å². The van der Waals surface area contributed by atoms with Crippen molar-refractivity contribution in [3.63, 3.8) is 0 Å². The molecule has 2 aliphatic heterocycles. The van der Waals surface area contributed by atoms with Crippen molar-refractivity contribution in [3.8, 4) is 11.5 Å². The predicted octanol–water partition coefficient (Wildman–Crippen LogP) is 2.65. The Morgan fingerprint density at radius 3 is 2.79 bits per heavy atom. The second kappa shape index (κ2) is 7.62. The van der Waals surface area contributed by atoms with Gasteiger partial charge < -0.3 is 14.4 Å². The molecule has 7 nitrogen and oxygen atoms in total. The molecule has 2 aromatic rings. The summed E-state index contributed by atoms with van der Waals surface area (Å²) in [5, 5.41) is 0. The lowest BCUT2D eigenvalue weighted by Crippen LogP contribution is -2.43. The molecule has 0 saturated heterocycles. The quantitative estimate of drug-likeness (QED) is 0.726. The van der Waals surface area contributed by atoms with Gasteiger partial charge in [-0.25, -0.2) is 13.1 Å². The molecule has 0 fully saturated rings. The van der Waals surface area contributed by atoms with E-state index < -0.39 is 16.1 Å². The first-order valence-corrected chi connectivity index (χ1v) is 11.5. The minimum absolute atomic E-state index is 0.103. The van der Waals surface area contributed by atoms with Crippen LogP contribution in [0.3, 0.4) is 0 Å². The van der Waals surface area contributed by atoms with Crippen LogP contribution in [0.2, 0.25) is 0 Å². The molecule has 2 heterocycles. The standard InChI is InChI=1S/C20H21BrN2O5S/c1-12(24)23-6-5-13-7-15(21)10-19(20(13)23)29(25,26)22-16-8-14-9-17(27-2)3-4-18(14)28-11-16/h3-4,7,9-10,16,22H,5-6,8,11H2,1-2H3. The number of benzene rings is 2. The van der Waals surface area contributed by atoms with Crippen molar-refractivity contribution < 1.29 is 22.7 Å². The van der Waals surface area contributed by atoms with Gasteiger partial charge in [-0.1, -0.05) is 15.9 Å². The minimum atomic E-state index is -3.88. The maximum absolute atomic E-state index is 13.3. The summed E-state index contributed by atoms with van der Waals surface area (Å²) in [7, 11) is -2.29. The van der Waals surface area contributed by atoms with Gasteiger partial charge in [0.05, 0.1) is 18.8 Å². The lowest BCUT2D eigenvalue weighted by molar-refractivity contribution is -0.116. The molecule has 0 aliphatic carbocycles. The number of halogens is 1. The molecule has 1 atom stereocenters. The van der Waals surface area contributed by atoms with Crippen LogP contribution in [-0.4, -0.2) is 40.6 Å². The zero-order valence-electron chi connectivity index (χ0n) is 16.1. The number of carbonyl (C=O) groups is 1. The van der Waals surface area contributed by atoms with E-state index in [4.69, 9.17) is 9.47 Å². The van der Waals surface area contributed by atoms with Crippen LogP contribution in [0.15, 0.2) is 39.7 Å². The number of anilines is 1. The summed E-state index contributed by atoms with van der Waals surface area (Å²) < 4.78 is 40.9. The molecule has 1 unspecified atom stereocenters. The summed E-state index contributed by atoms with van der Waals surface area (Å²) in [6, 6.07) is 8.47. The Labute approximate surface area is 178 Å². The first kappa shape index (κ1) is 20.2. The highest BCUT2D eigenvalue weighted by molar-refractivity contribution is 9.10. The summed E-state index contributed by atoms with van der Waals surface area (Å²) in [6.07, 6.45) is 1.11. The first-order chi connectivity index (χ1) is 13.8. The number of ether oxygens (including phenoxy) is 2. The molecule has 0 bridgehead atoms. The van der Waals surface area contributed by atoms with Crippen LogP contribution >= 0.6 is 15.9 Å². The van der Waals surface area contributed by atoms with Crippen LogP contribution < -0.4 is 19.1 Å². The fourth-order valence-corrected chi connectivity index (χ4v) is 6.00. The van der Waals surface area contributed by atoms with E-state index in [1.807, 2.05) is 24.3 Å². The zero-order valence-corrected chi connectivity index (χ0v) is 18.5. The van der Waals surface area contributed by atoms with Gasteiger partial charge in [0.2, 0.25) is 15.9 Å². The normalized spacial score (nSPS) is 18.0. The smallest absolute Gasteiger partial charge is 0.243 e. The van der Waals surface area contributed by atoms with Gasteiger partial charge in [0.15, 0.2) is 0 Å². The van der Waals surface area contributed by atoms with Crippen molar-refractivity contribution in [3.05, 3.63) is 45.9 Å². The summed E-state index contributed by atoms with van der Waals surface area (Å²) in [4.78, 5) is 13.7. The molecule has 29 heavy (non-hydrogen) atoms. The Balaban J connectivity index is 1.64. The Morgan fingerprint density at radius 1 is 1.28 bits per heavy atom. The van der Waals surface area contributed by atoms with E-state index in [1.165, 1.54) is 11.8 Å². The first-order valence-electron chi connectivity index (χ1n) is 9.21. The van der Waals surface area contributed by atoms with Crippen molar-refractivity contribution in [1.29, 1.82) is 0 Å². The Morgan fingerprint density at radius 2 is 2.07 bits per heavy atom. The molecule has 2 aliphatic rings. The number of carbonyl (C=O) groups excluding carboxylic acids is 1. The van der Waals surface area contributed by atoms with E-state index in [0.29, 0.717) is 35.3 Å². The van der Waals surface area contributed by atoms with Crippen LogP contribution in [0.25, 0.3) is 0 Å². The van der Waals surface area contributed by atoms with E-state index in [9.17, 15) is 13.2 Å². The zero-order chi connectivity index (χ0) is 20.8. The van der Waals surface area contributed by atoms with E-state index in [-0.39, 0.29) is 17.4 Å².